The Morgan fingerprint density at radius 2 is 0.717 bits per heavy atom. The van der Waals surface area contributed by atoms with Crippen LogP contribution in [0.2, 0.25) is 0 Å². The van der Waals surface area contributed by atoms with Crippen molar-refractivity contribution >= 4 is 43.1 Å². The summed E-state index contributed by atoms with van der Waals surface area (Å²) in [6, 6.07) is 66.5. The average Bonchev–Trinajstić information content (AvgIpc) is 3.14. The van der Waals surface area contributed by atoms with E-state index in [1.54, 1.807) is 0 Å². The Labute approximate surface area is 268 Å². The zero-order valence-corrected chi connectivity index (χ0v) is 25.3. The maximum absolute atomic E-state index is 2.42. The maximum atomic E-state index is 2.42. The second-order valence-corrected chi connectivity index (χ2v) is 12.0. The van der Waals surface area contributed by atoms with E-state index in [2.05, 4.69) is 182 Å². The molecule has 0 N–H and O–H groups in total. The molecule has 0 heterocycles. The van der Waals surface area contributed by atoms with Crippen molar-refractivity contribution in [2.75, 3.05) is 0 Å². The van der Waals surface area contributed by atoms with Crippen LogP contribution in [-0.4, -0.2) is 0 Å². The standard InChI is InChI=1S/C46H30/c1-3-15-31(16-4-1)33-27-28-42-44(29-33)45(39-24-12-9-20-35(39)32-17-5-2-6-18-32)40-25-13-14-26-41(40)46(42)43-30-34-19-7-8-21-36(34)37-22-10-11-23-38(37)43/h1-30H. The van der Waals surface area contributed by atoms with Crippen LogP contribution in [0.3, 0.4) is 0 Å². The second-order valence-electron chi connectivity index (χ2n) is 12.0. The monoisotopic (exact) mass is 582 g/mol. The van der Waals surface area contributed by atoms with Crippen LogP contribution in [0, 0.1) is 0 Å². The van der Waals surface area contributed by atoms with E-state index in [0.29, 0.717) is 0 Å². The second kappa shape index (κ2) is 10.9. The summed E-state index contributed by atoms with van der Waals surface area (Å²) >= 11 is 0. The molecule has 9 rings (SSSR count). The van der Waals surface area contributed by atoms with Crippen LogP contribution in [0.5, 0.6) is 0 Å². The number of hydrogen-bond donors (Lipinski definition) is 0. The minimum absolute atomic E-state index is 1.22. The molecule has 0 aliphatic rings. The number of benzene rings is 9. The van der Waals surface area contributed by atoms with Gasteiger partial charge in [-0.05, 0) is 99.7 Å². The van der Waals surface area contributed by atoms with E-state index in [0.717, 1.165) is 0 Å². The molecule has 0 aromatic heterocycles. The summed E-state index contributed by atoms with van der Waals surface area (Å²) in [6.07, 6.45) is 0. The van der Waals surface area contributed by atoms with Crippen molar-refractivity contribution in [1.29, 1.82) is 0 Å². The molecule has 46 heavy (non-hydrogen) atoms. The lowest BCUT2D eigenvalue weighted by Crippen LogP contribution is -1.94. The fourth-order valence-corrected chi connectivity index (χ4v) is 7.40. The first-order valence-corrected chi connectivity index (χ1v) is 15.9. The summed E-state index contributed by atoms with van der Waals surface area (Å²) in [4.78, 5) is 0. The minimum Gasteiger partial charge on any atom is -0.0622 e. The van der Waals surface area contributed by atoms with Crippen molar-refractivity contribution < 1.29 is 0 Å². The highest BCUT2D eigenvalue weighted by Gasteiger charge is 2.21. The zero-order valence-electron chi connectivity index (χ0n) is 25.3. The Kier molecular flexibility index (Phi) is 6.25. The number of hydrogen-bond acceptors (Lipinski definition) is 0. The molecule has 0 atom stereocenters. The van der Waals surface area contributed by atoms with Crippen LogP contribution < -0.4 is 0 Å². The van der Waals surface area contributed by atoms with Gasteiger partial charge in [-0.2, -0.15) is 0 Å². The lowest BCUT2D eigenvalue weighted by Gasteiger charge is -2.21. The summed E-state index contributed by atoms with van der Waals surface area (Å²) in [5, 5.41) is 10.1. The van der Waals surface area contributed by atoms with Crippen LogP contribution in [-0.2, 0) is 0 Å². The molecule has 9 aromatic rings. The third-order valence-corrected chi connectivity index (χ3v) is 9.45. The summed E-state index contributed by atoms with van der Waals surface area (Å²) in [7, 11) is 0. The average molecular weight is 583 g/mol. The molecular formula is C46H30. The first-order chi connectivity index (χ1) is 22.8. The Bertz CT molecular complexity index is 2560. The van der Waals surface area contributed by atoms with E-state index in [1.807, 2.05) is 0 Å². The normalized spacial score (nSPS) is 11.5. The van der Waals surface area contributed by atoms with Gasteiger partial charge in [-0.3, -0.25) is 0 Å². The number of fused-ring (bicyclic) bond motifs is 5. The molecule has 0 bridgehead atoms. The molecule has 0 saturated heterocycles. The highest BCUT2D eigenvalue weighted by atomic mass is 14.2. The van der Waals surface area contributed by atoms with E-state index in [1.165, 1.54) is 87.6 Å². The van der Waals surface area contributed by atoms with Gasteiger partial charge in [-0.15, -0.1) is 0 Å². The molecule has 0 aliphatic carbocycles. The van der Waals surface area contributed by atoms with Gasteiger partial charge >= 0.3 is 0 Å². The van der Waals surface area contributed by atoms with Gasteiger partial charge in [0.2, 0.25) is 0 Å². The third kappa shape index (κ3) is 4.23. The molecule has 0 spiro atoms. The van der Waals surface area contributed by atoms with E-state index >= 15 is 0 Å². The quantitative estimate of drug-likeness (QED) is 0.143. The summed E-state index contributed by atoms with van der Waals surface area (Å²) in [6.45, 7) is 0. The molecule has 0 amide bonds. The van der Waals surface area contributed by atoms with Crippen LogP contribution in [0.1, 0.15) is 0 Å². The summed E-state index contributed by atoms with van der Waals surface area (Å²) in [5.41, 5.74) is 9.97. The highest BCUT2D eigenvalue weighted by molar-refractivity contribution is 6.26. The lowest BCUT2D eigenvalue weighted by atomic mass is 9.81. The topological polar surface area (TPSA) is 0 Å². The van der Waals surface area contributed by atoms with Crippen LogP contribution in [0.15, 0.2) is 182 Å². The Morgan fingerprint density at radius 1 is 0.217 bits per heavy atom. The lowest BCUT2D eigenvalue weighted by molar-refractivity contribution is 1.60. The van der Waals surface area contributed by atoms with Crippen molar-refractivity contribution in [2.45, 2.75) is 0 Å². The van der Waals surface area contributed by atoms with E-state index in [9.17, 15) is 0 Å². The van der Waals surface area contributed by atoms with Gasteiger partial charge in [-0.1, -0.05) is 170 Å². The zero-order chi connectivity index (χ0) is 30.5. The SMILES string of the molecule is c1ccc(-c2ccc3c(-c4cc5ccccc5c5ccccc45)c4ccccc4c(-c4ccccc4-c4ccccc4)c3c2)cc1. The Balaban J connectivity index is 1.47. The molecule has 9 aromatic carbocycles. The molecule has 0 radical (unpaired) electrons. The smallest absolute Gasteiger partial charge is 0.00199 e. The van der Waals surface area contributed by atoms with Crippen LogP contribution in [0.4, 0.5) is 0 Å². The van der Waals surface area contributed by atoms with E-state index in [-0.39, 0.29) is 0 Å². The van der Waals surface area contributed by atoms with Gasteiger partial charge < -0.3 is 0 Å². The fraction of sp³-hybridized carbons (Fsp3) is 0. The van der Waals surface area contributed by atoms with Crippen molar-refractivity contribution in [3.05, 3.63) is 182 Å². The van der Waals surface area contributed by atoms with Gasteiger partial charge in [-0.25, -0.2) is 0 Å². The van der Waals surface area contributed by atoms with Crippen molar-refractivity contribution in [3.63, 3.8) is 0 Å². The molecule has 0 unspecified atom stereocenters. The molecule has 0 fully saturated rings. The Hall–Kier alpha value is -5.98. The van der Waals surface area contributed by atoms with Gasteiger partial charge in [0.15, 0.2) is 0 Å². The van der Waals surface area contributed by atoms with Gasteiger partial charge in [0.1, 0.15) is 0 Å². The summed E-state index contributed by atoms with van der Waals surface area (Å²) in [5.74, 6) is 0. The highest BCUT2D eigenvalue weighted by Crippen LogP contribution is 2.48. The van der Waals surface area contributed by atoms with Crippen LogP contribution in [0.25, 0.3) is 87.6 Å². The first kappa shape index (κ1) is 26.4. The van der Waals surface area contributed by atoms with E-state index < -0.39 is 0 Å². The fourth-order valence-electron chi connectivity index (χ4n) is 7.40. The van der Waals surface area contributed by atoms with Gasteiger partial charge in [0.25, 0.3) is 0 Å². The van der Waals surface area contributed by atoms with E-state index in [4.69, 9.17) is 0 Å². The molecular weight excluding hydrogens is 553 g/mol. The van der Waals surface area contributed by atoms with Gasteiger partial charge in [0.05, 0.1) is 0 Å². The largest absolute Gasteiger partial charge is 0.0622 e. The summed E-state index contributed by atoms with van der Waals surface area (Å²) < 4.78 is 0. The third-order valence-electron chi connectivity index (χ3n) is 9.45. The molecule has 0 saturated carbocycles. The predicted octanol–water partition coefficient (Wildman–Crippen LogP) is 13.0. The molecule has 214 valence electrons. The number of rotatable bonds is 4. The van der Waals surface area contributed by atoms with Crippen LogP contribution >= 0.6 is 0 Å². The van der Waals surface area contributed by atoms with Crippen molar-refractivity contribution in [2.24, 2.45) is 0 Å². The Morgan fingerprint density at radius 3 is 1.43 bits per heavy atom. The maximum Gasteiger partial charge on any atom is -0.00199 e. The minimum atomic E-state index is 1.22. The molecule has 0 nitrogen and oxygen atoms in total. The van der Waals surface area contributed by atoms with Crippen molar-refractivity contribution in [1.82, 2.24) is 0 Å². The van der Waals surface area contributed by atoms with Gasteiger partial charge in [0, 0.05) is 0 Å². The predicted molar refractivity (Wildman–Crippen MR) is 198 cm³/mol. The molecule has 0 aliphatic heterocycles. The molecule has 0 heteroatoms. The van der Waals surface area contributed by atoms with Crippen molar-refractivity contribution in [3.8, 4) is 44.5 Å². The first-order valence-electron chi connectivity index (χ1n) is 15.9.